The van der Waals surface area contributed by atoms with Crippen LogP contribution < -0.4 is 5.73 Å². The molecule has 0 aliphatic rings. The molecule has 0 aliphatic heterocycles. The van der Waals surface area contributed by atoms with Crippen LogP contribution in [0.5, 0.6) is 0 Å². The average molecular weight is 234 g/mol. The summed E-state index contributed by atoms with van der Waals surface area (Å²) in [6.45, 7) is 1.94. The van der Waals surface area contributed by atoms with Gasteiger partial charge in [-0.05, 0) is 18.1 Å². The van der Waals surface area contributed by atoms with E-state index in [1.165, 1.54) is 11.3 Å². The van der Waals surface area contributed by atoms with Crippen LogP contribution >= 0.6 is 11.3 Å². The van der Waals surface area contributed by atoms with Crippen LogP contribution in [0.3, 0.4) is 0 Å². The second kappa shape index (κ2) is 4.74. The van der Waals surface area contributed by atoms with Crippen molar-refractivity contribution in [1.82, 2.24) is 4.98 Å². The molecule has 1 aromatic carbocycles. The smallest absolute Gasteiger partial charge is 0.0867 e. The molecule has 0 bridgehead atoms. The molecule has 0 aliphatic carbocycles. The van der Waals surface area contributed by atoms with Crippen molar-refractivity contribution in [1.29, 1.82) is 0 Å². The molecule has 1 unspecified atom stereocenters. The first-order valence-corrected chi connectivity index (χ1v) is 5.99. The maximum absolute atomic E-state index is 9.14. The van der Waals surface area contributed by atoms with E-state index >= 15 is 0 Å². The highest BCUT2D eigenvalue weighted by Crippen LogP contribution is 2.28. The van der Waals surface area contributed by atoms with Crippen LogP contribution in [0.4, 0.5) is 0 Å². The van der Waals surface area contributed by atoms with E-state index in [0.717, 1.165) is 21.7 Å². The predicted octanol–water partition coefficient (Wildman–Crippen LogP) is 2.32. The Morgan fingerprint density at radius 3 is 2.62 bits per heavy atom. The third kappa shape index (κ3) is 2.14. The predicted molar refractivity (Wildman–Crippen MR) is 66.1 cm³/mol. The molecule has 16 heavy (non-hydrogen) atoms. The molecule has 2 aromatic rings. The van der Waals surface area contributed by atoms with Gasteiger partial charge in [0.2, 0.25) is 0 Å². The maximum Gasteiger partial charge on any atom is 0.0867 e. The number of nitrogens with zero attached hydrogens (tertiary/aromatic N) is 1. The summed E-state index contributed by atoms with van der Waals surface area (Å²) in [4.78, 5) is 5.14. The minimum absolute atomic E-state index is 0.0200. The SMILES string of the molecule is CC(N)c1ccc(-c2scnc2CO)cc1. The fraction of sp³-hybridized carbons (Fsp3) is 0.250. The normalized spacial score (nSPS) is 12.7. The van der Waals surface area contributed by atoms with Gasteiger partial charge in [0.1, 0.15) is 0 Å². The zero-order valence-electron chi connectivity index (χ0n) is 9.05. The zero-order valence-corrected chi connectivity index (χ0v) is 9.87. The van der Waals surface area contributed by atoms with Gasteiger partial charge in [-0.3, -0.25) is 0 Å². The average Bonchev–Trinajstić information content (AvgIpc) is 2.77. The quantitative estimate of drug-likeness (QED) is 0.856. The fourth-order valence-corrected chi connectivity index (χ4v) is 2.37. The molecule has 0 amide bonds. The summed E-state index contributed by atoms with van der Waals surface area (Å²) in [5.74, 6) is 0. The number of rotatable bonds is 3. The van der Waals surface area contributed by atoms with Crippen molar-refractivity contribution < 1.29 is 5.11 Å². The Kier molecular flexibility index (Phi) is 3.33. The Bertz CT molecular complexity index is 462. The molecule has 0 saturated carbocycles. The van der Waals surface area contributed by atoms with E-state index in [-0.39, 0.29) is 12.6 Å². The molecule has 2 rings (SSSR count). The monoisotopic (exact) mass is 234 g/mol. The minimum atomic E-state index is -0.0200. The standard InChI is InChI=1S/C12H14N2OS/c1-8(13)9-2-4-10(5-3-9)12-11(6-15)14-7-16-12/h2-5,7-8,15H,6,13H2,1H3. The van der Waals surface area contributed by atoms with E-state index in [4.69, 9.17) is 10.8 Å². The van der Waals surface area contributed by atoms with E-state index in [2.05, 4.69) is 4.98 Å². The molecule has 1 atom stereocenters. The molecule has 3 nitrogen and oxygen atoms in total. The van der Waals surface area contributed by atoms with Gasteiger partial charge >= 0.3 is 0 Å². The van der Waals surface area contributed by atoms with Gasteiger partial charge in [0, 0.05) is 6.04 Å². The summed E-state index contributed by atoms with van der Waals surface area (Å²) >= 11 is 1.54. The molecular weight excluding hydrogens is 220 g/mol. The summed E-state index contributed by atoms with van der Waals surface area (Å²) in [6, 6.07) is 8.12. The van der Waals surface area contributed by atoms with Gasteiger partial charge in [0.15, 0.2) is 0 Å². The summed E-state index contributed by atoms with van der Waals surface area (Å²) in [5, 5.41) is 9.14. The van der Waals surface area contributed by atoms with Crippen molar-refractivity contribution in [3.63, 3.8) is 0 Å². The Balaban J connectivity index is 2.35. The van der Waals surface area contributed by atoms with Crippen LogP contribution in [-0.4, -0.2) is 10.1 Å². The van der Waals surface area contributed by atoms with Crippen molar-refractivity contribution >= 4 is 11.3 Å². The highest BCUT2D eigenvalue weighted by Gasteiger charge is 2.08. The van der Waals surface area contributed by atoms with E-state index in [9.17, 15) is 0 Å². The molecule has 0 radical (unpaired) electrons. The van der Waals surface area contributed by atoms with E-state index in [1.54, 1.807) is 5.51 Å². The lowest BCUT2D eigenvalue weighted by atomic mass is 10.1. The van der Waals surface area contributed by atoms with Crippen LogP contribution in [0.2, 0.25) is 0 Å². The first kappa shape index (κ1) is 11.3. The molecular formula is C12H14N2OS. The third-order valence-corrected chi connectivity index (χ3v) is 3.41. The third-order valence-electron chi connectivity index (χ3n) is 2.49. The number of thiazole rings is 1. The van der Waals surface area contributed by atoms with Crippen molar-refractivity contribution in [2.24, 2.45) is 5.73 Å². The van der Waals surface area contributed by atoms with Crippen LogP contribution in [-0.2, 0) is 6.61 Å². The summed E-state index contributed by atoms with van der Waals surface area (Å²) in [5.41, 5.74) is 10.5. The largest absolute Gasteiger partial charge is 0.390 e. The fourth-order valence-electron chi connectivity index (χ4n) is 1.55. The first-order chi connectivity index (χ1) is 7.72. The Morgan fingerprint density at radius 1 is 1.38 bits per heavy atom. The minimum Gasteiger partial charge on any atom is -0.390 e. The number of benzene rings is 1. The summed E-state index contributed by atoms with van der Waals surface area (Å²) in [7, 11) is 0. The zero-order chi connectivity index (χ0) is 11.5. The van der Waals surface area contributed by atoms with E-state index < -0.39 is 0 Å². The lowest BCUT2D eigenvalue weighted by Crippen LogP contribution is -2.04. The molecule has 84 valence electrons. The van der Waals surface area contributed by atoms with Gasteiger partial charge in [-0.2, -0.15) is 0 Å². The molecule has 1 heterocycles. The van der Waals surface area contributed by atoms with E-state index in [1.807, 2.05) is 31.2 Å². The summed E-state index contributed by atoms with van der Waals surface area (Å²) in [6.07, 6.45) is 0. The number of nitrogens with two attached hydrogens (primary N) is 1. The number of hydrogen-bond acceptors (Lipinski definition) is 4. The molecule has 0 fully saturated rings. The van der Waals surface area contributed by atoms with E-state index in [0.29, 0.717) is 0 Å². The Morgan fingerprint density at radius 2 is 2.06 bits per heavy atom. The molecule has 0 spiro atoms. The molecule has 1 aromatic heterocycles. The highest BCUT2D eigenvalue weighted by molar-refractivity contribution is 7.13. The lowest BCUT2D eigenvalue weighted by molar-refractivity contribution is 0.278. The van der Waals surface area contributed by atoms with Gasteiger partial charge in [-0.25, -0.2) is 4.98 Å². The van der Waals surface area contributed by atoms with Crippen LogP contribution in [0.15, 0.2) is 29.8 Å². The second-order valence-corrected chi connectivity index (χ2v) is 4.55. The van der Waals surface area contributed by atoms with Crippen molar-refractivity contribution in [3.8, 4) is 10.4 Å². The van der Waals surface area contributed by atoms with Crippen LogP contribution in [0.25, 0.3) is 10.4 Å². The highest BCUT2D eigenvalue weighted by atomic mass is 32.1. The number of aliphatic hydroxyl groups excluding tert-OH is 1. The van der Waals surface area contributed by atoms with Gasteiger partial charge in [-0.1, -0.05) is 24.3 Å². The van der Waals surface area contributed by atoms with Crippen molar-refractivity contribution in [3.05, 3.63) is 41.0 Å². The van der Waals surface area contributed by atoms with Gasteiger partial charge < -0.3 is 10.8 Å². The van der Waals surface area contributed by atoms with Gasteiger partial charge in [-0.15, -0.1) is 11.3 Å². The molecule has 0 saturated heterocycles. The lowest BCUT2D eigenvalue weighted by Gasteiger charge is -2.06. The first-order valence-electron chi connectivity index (χ1n) is 5.11. The molecule has 3 N–H and O–H groups in total. The topological polar surface area (TPSA) is 59.1 Å². The Hall–Kier alpha value is -1.23. The van der Waals surface area contributed by atoms with Crippen molar-refractivity contribution in [2.45, 2.75) is 19.6 Å². The van der Waals surface area contributed by atoms with Crippen LogP contribution in [0, 0.1) is 0 Å². The second-order valence-electron chi connectivity index (χ2n) is 3.70. The Labute approximate surface area is 98.6 Å². The summed E-state index contributed by atoms with van der Waals surface area (Å²) < 4.78 is 0. The maximum atomic E-state index is 9.14. The van der Waals surface area contributed by atoms with Crippen molar-refractivity contribution in [2.75, 3.05) is 0 Å². The number of hydrogen-bond donors (Lipinski definition) is 2. The van der Waals surface area contributed by atoms with Gasteiger partial charge in [0.25, 0.3) is 0 Å². The number of aromatic nitrogens is 1. The van der Waals surface area contributed by atoms with Crippen LogP contribution in [0.1, 0.15) is 24.2 Å². The number of aliphatic hydroxyl groups is 1. The molecule has 4 heteroatoms. The van der Waals surface area contributed by atoms with Gasteiger partial charge in [0.05, 0.1) is 22.7 Å².